The summed E-state index contributed by atoms with van der Waals surface area (Å²) in [5.41, 5.74) is 0.472. The van der Waals surface area contributed by atoms with Crippen molar-refractivity contribution in [2.75, 3.05) is 6.54 Å². The average molecular weight is 264 g/mol. The molecule has 2 aliphatic carbocycles. The van der Waals surface area contributed by atoms with Crippen LogP contribution in [-0.2, 0) is 17.6 Å². The first-order chi connectivity index (χ1) is 9.12. The lowest BCUT2D eigenvalue weighted by atomic mass is 9.96. The van der Waals surface area contributed by atoms with Gasteiger partial charge in [0.2, 0.25) is 0 Å². The van der Waals surface area contributed by atoms with E-state index in [0.29, 0.717) is 18.5 Å². The number of nitrogens with zero attached hydrogens (tertiary/aromatic N) is 1. The number of nitrogens with one attached hydrogen (secondary N) is 1. The second-order valence-corrected chi connectivity index (χ2v) is 5.41. The smallest absolute Gasteiger partial charge is 0.311 e. The van der Waals surface area contributed by atoms with E-state index in [-0.39, 0.29) is 12.5 Å². The number of hydrogen-bond donors (Lipinski definition) is 2. The van der Waals surface area contributed by atoms with Gasteiger partial charge in [0.25, 0.3) is 5.91 Å². The molecule has 0 unspecified atom stereocenters. The fraction of sp³-hybridized carbons (Fsp3) is 0.615. The second-order valence-electron chi connectivity index (χ2n) is 5.41. The fourth-order valence-corrected chi connectivity index (χ4v) is 2.51. The van der Waals surface area contributed by atoms with Crippen LogP contribution in [0.25, 0.3) is 0 Å². The minimum absolute atomic E-state index is 0.169. The van der Waals surface area contributed by atoms with E-state index in [2.05, 4.69) is 10.5 Å². The fourth-order valence-electron chi connectivity index (χ4n) is 2.51. The third kappa shape index (κ3) is 2.11. The van der Waals surface area contributed by atoms with E-state index >= 15 is 0 Å². The van der Waals surface area contributed by atoms with Crippen molar-refractivity contribution in [2.45, 2.75) is 38.5 Å². The first-order valence-corrected chi connectivity index (χ1v) is 6.61. The summed E-state index contributed by atoms with van der Waals surface area (Å²) in [4.78, 5) is 23.1. The zero-order valence-corrected chi connectivity index (χ0v) is 10.6. The van der Waals surface area contributed by atoms with Gasteiger partial charge in [0.15, 0.2) is 5.69 Å². The van der Waals surface area contributed by atoms with Gasteiger partial charge in [-0.2, -0.15) is 0 Å². The Labute approximate surface area is 110 Å². The predicted molar refractivity (Wildman–Crippen MR) is 64.8 cm³/mol. The molecule has 19 heavy (non-hydrogen) atoms. The molecule has 0 bridgehead atoms. The molecular formula is C13H16N2O4. The third-order valence-electron chi connectivity index (χ3n) is 4.06. The molecule has 2 aliphatic rings. The van der Waals surface area contributed by atoms with Gasteiger partial charge in [0, 0.05) is 18.5 Å². The van der Waals surface area contributed by atoms with Crippen molar-refractivity contribution < 1.29 is 19.2 Å². The molecule has 0 atom stereocenters. The Kier molecular flexibility index (Phi) is 2.80. The highest BCUT2D eigenvalue weighted by molar-refractivity contribution is 5.94. The molecule has 1 aromatic rings. The van der Waals surface area contributed by atoms with Gasteiger partial charge in [-0.15, -0.1) is 0 Å². The Hall–Kier alpha value is -1.85. The van der Waals surface area contributed by atoms with Crippen molar-refractivity contribution in [1.82, 2.24) is 10.5 Å². The Balaban J connectivity index is 1.68. The van der Waals surface area contributed by atoms with Crippen LogP contribution in [0.4, 0.5) is 0 Å². The van der Waals surface area contributed by atoms with Gasteiger partial charge in [-0.1, -0.05) is 5.16 Å². The minimum Gasteiger partial charge on any atom is -0.481 e. The van der Waals surface area contributed by atoms with Crippen molar-refractivity contribution >= 4 is 11.9 Å². The number of carbonyl (C=O) groups is 2. The zero-order valence-electron chi connectivity index (χ0n) is 10.6. The normalized spacial score (nSPS) is 19.6. The van der Waals surface area contributed by atoms with E-state index in [1.54, 1.807) is 0 Å². The maximum atomic E-state index is 12.0. The number of aliphatic carboxylic acids is 1. The summed E-state index contributed by atoms with van der Waals surface area (Å²) in [6.07, 6.45) is 4.98. The Morgan fingerprint density at radius 2 is 2.05 bits per heavy atom. The van der Waals surface area contributed by atoms with Gasteiger partial charge < -0.3 is 14.9 Å². The van der Waals surface area contributed by atoms with E-state index in [0.717, 1.165) is 37.0 Å². The molecule has 1 aromatic heterocycles. The first-order valence-electron chi connectivity index (χ1n) is 6.61. The van der Waals surface area contributed by atoms with Crippen LogP contribution in [0.15, 0.2) is 4.52 Å². The maximum Gasteiger partial charge on any atom is 0.311 e. The van der Waals surface area contributed by atoms with Crippen molar-refractivity contribution in [2.24, 2.45) is 5.41 Å². The molecule has 1 fully saturated rings. The van der Waals surface area contributed by atoms with E-state index in [1.807, 2.05) is 0 Å². The molecule has 6 nitrogen and oxygen atoms in total. The summed E-state index contributed by atoms with van der Waals surface area (Å²) in [6.45, 7) is 0.169. The second kappa shape index (κ2) is 4.36. The summed E-state index contributed by atoms with van der Waals surface area (Å²) < 4.78 is 5.18. The number of carboxylic acids is 1. The number of carboxylic acid groups (broad SMARTS) is 1. The van der Waals surface area contributed by atoms with Crippen LogP contribution < -0.4 is 5.32 Å². The molecule has 0 spiro atoms. The van der Waals surface area contributed by atoms with E-state index in [9.17, 15) is 9.59 Å². The zero-order chi connectivity index (χ0) is 13.5. The van der Waals surface area contributed by atoms with Crippen LogP contribution in [-0.4, -0.2) is 28.7 Å². The number of carbonyl (C=O) groups excluding carboxylic acids is 1. The molecule has 1 heterocycles. The Morgan fingerprint density at radius 3 is 2.74 bits per heavy atom. The third-order valence-corrected chi connectivity index (χ3v) is 4.06. The topological polar surface area (TPSA) is 92.4 Å². The quantitative estimate of drug-likeness (QED) is 0.851. The molecule has 6 heteroatoms. The predicted octanol–water partition coefficient (Wildman–Crippen LogP) is 1.15. The highest BCUT2D eigenvalue weighted by Crippen LogP contribution is 2.45. The average Bonchev–Trinajstić information content (AvgIpc) is 3.09. The first kappa shape index (κ1) is 12.2. The summed E-state index contributed by atoms with van der Waals surface area (Å²) in [7, 11) is 0. The summed E-state index contributed by atoms with van der Waals surface area (Å²) in [5, 5.41) is 15.6. The summed E-state index contributed by atoms with van der Waals surface area (Å²) in [5.74, 6) is -0.356. The largest absolute Gasteiger partial charge is 0.481 e. The van der Waals surface area contributed by atoms with Gasteiger partial charge in [-0.05, 0) is 32.1 Å². The molecule has 3 rings (SSSR count). The molecule has 0 aromatic carbocycles. The van der Waals surface area contributed by atoms with Crippen LogP contribution in [0.1, 0.15) is 47.5 Å². The lowest BCUT2D eigenvalue weighted by Crippen LogP contribution is -2.34. The number of rotatable bonds is 4. The summed E-state index contributed by atoms with van der Waals surface area (Å²) >= 11 is 0. The molecule has 1 saturated carbocycles. The molecule has 2 N–H and O–H groups in total. The van der Waals surface area contributed by atoms with Crippen LogP contribution >= 0.6 is 0 Å². The molecule has 102 valence electrons. The van der Waals surface area contributed by atoms with Crippen LogP contribution in [0.5, 0.6) is 0 Å². The molecule has 0 saturated heterocycles. The van der Waals surface area contributed by atoms with Crippen LogP contribution in [0, 0.1) is 5.41 Å². The van der Waals surface area contributed by atoms with Crippen molar-refractivity contribution in [3.05, 3.63) is 17.0 Å². The van der Waals surface area contributed by atoms with Gasteiger partial charge in [0.1, 0.15) is 5.76 Å². The van der Waals surface area contributed by atoms with Gasteiger partial charge >= 0.3 is 5.97 Å². The maximum absolute atomic E-state index is 12.0. The van der Waals surface area contributed by atoms with E-state index in [1.165, 1.54) is 0 Å². The lowest BCUT2D eigenvalue weighted by Gasteiger charge is -2.12. The number of aromatic nitrogens is 1. The standard InChI is InChI=1S/C13H16N2O4/c16-11(14-7-13(5-6-13)12(17)18)10-8-3-1-2-4-9(8)19-15-10/h1-7H2,(H,14,16)(H,17,18). The van der Waals surface area contributed by atoms with Gasteiger partial charge in [0.05, 0.1) is 5.41 Å². The number of fused-ring (bicyclic) bond motifs is 1. The molecule has 1 amide bonds. The highest BCUT2D eigenvalue weighted by atomic mass is 16.5. The highest BCUT2D eigenvalue weighted by Gasteiger charge is 2.50. The van der Waals surface area contributed by atoms with Crippen molar-refractivity contribution in [3.8, 4) is 0 Å². The molecule has 0 radical (unpaired) electrons. The van der Waals surface area contributed by atoms with Gasteiger partial charge in [-0.3, -0.25) is 9.59 Å². The lowest BCUT2D eigenvalue weighted by molar-refractivity contribution is -0.143. The van der Waals surface area contributed by atoms with E-state index in [4.69, 9.17) is 9.63 Å². The monoisotopic (exact) mass is 264 g/mol. The van der Waals surface area contributed by atoms with Crippen LogP contribution in [0.2, 0.25) is 0 Å². The summed E-state index contributed by atoms with van der Waals surface area (Å²) in [6, 6.07) is 0. The molecule has 0 aliphatic heterocycles. The number of aryl methyl sites for hydroxylation is 1. The SMILES string of the molecule is O=C(NCC1(C(=O)O)CC1)c1noc2c1CCCC2. The Bertz CT molecular complexity index is 531. The van der Waals surface area contributed by atoms with E-state index < -0.39 is 11.4 Å². The Morgan fingerprint density at radius 1 is 1.32 bits per heavy atom. The van der Waals surface area contributed by atoms with Crippen LogP contribution in [0.3, 0.4) is 0 Å². The number of amides is 1. The van der Waals surface area contributed by atoms with Crippen molar-refractivity contribution in [3.63, 3.8) is 0 Å². The number of hydrogen-bond acceptors (Lipinski definition) is 4. The minimum atomic E-state index is -0.838. The van der Waals surface area contributed by atoms with Crippen molar-refractivity contribution in [1.29, 1.82) is 0 Å². The van der Waals surface area contributed by atoms with Gasteiger partial charge in [-0.25, -0.2) is 0 Å². The molecular weight excluding hydrogens is 248 g/mol.